The summed E-state index contributed by atoms with van der Waals surface area (Å²) in [5, 5.41) is 2.71. The third-order valence-corrected chi connectivity index (χ3v) is 7.41. The number of amides is 1. The Morgan fingerprint density at radius 1 is 1.00 bits per heavy atom. The maximum atomic E-state index is 13.0. The van der Waals surface area contributed by atoms with E-state index in [0.29, 0.717) is 43.4 Å². The van der Waals surface area contributed by atoms with E-state index in [9.17, 15) is 13.2 Å². The molecule has 0 saturated carbocycles. The van der Waals surface area contributed by atoms with Crippen LogP contribution < -0.4 is 10.1 Å². The molecule has 2 heterocycles. The van der Waals surface area contributed by atoms with Crippen LogP contribution >= 0.6 is 0 Å². The number of hydrogen-bond donors (Lipinski definition) is 1. The molecular formula is C24H27N3O5S. The number of anilines is 1. The summed E-state index contributed by atoms with van der Waals surface area (Å²) in [4.78, 5) is 15.0. The number of hydrogen-bond acceptors (Lipinski definition) is 6. The normalized spacial score (nSPS) is 15.3. The Morgan fingerprint density at radius 3 is 2.48 bits per heavy atom. The number of nitrogens with zero attached hydrogens (tertiary/aromatic N) is 2. The first kappa shape index (κ1) is 23.0. The summed E-state index contributed by atoms with van der Waals surface area (Å²) in [6, 6.07) is 18.8. The van der Waals surface area contributed by atoms with Crippen LogP contribution in [0, 0.1) is 0 Å². The Hall–Kier alpha value is -3.14. The molecule has 0 aliphatic carbocycles. The van der Waals surface area contributed by atoms with Crippen molar-refractivity contribution in [3.63, 3.8) is 0 Å². The minimum atomic E-state index is -3.63. The maximum absolute atomic E-state index is 13.0. The molecule has 1 aliphatic rings. The highest BCUT2D eigenvalue weighted by molar-refractivity contribution is 7.89. The Labute approximate surface area is 193 Å². The number of benzene rings is 2. The van der Waals surface area contributed by atoms with Crippen molar-refractivity contribution in [3.8, 4) is 5.75 Å². The van der Waals surface area contributed by atoms with Gasteiger partial charge in [-0.3, -0.25) is 4.79 Å². The number of furan rings is 1. The zero-order chi connectivity index (χ0) is 23.3. The quantitative estimate of drug-likeness (QED) is 0.543. The lowest BCUT2D eigenvalue weighted by molar-refractivity contribution is 0.0992. The zero-order valence-corrected chi connectivity index (χ0v) is 19.3. The molecule has 3 aromatic rings. The molecule has 1 saturated heterocycles. The van der Waals surface area contributed by atoms with Crippen molar-refractivity contribution in [1.29, 1.82) is 0 Å². The summed E-state index contributed by atoms with van der Waals surface area (Å²) < 4.78 is 38.8. The first-order valence-corrected chi connectivity index (χ1v) is 12.3. The number of ether oxygens (including phenoxy) is 1. The van der Waals surface area contributed by atoms with Crippen molar-refractivity contribution in [2.24, 2.45) is 0 Å². The van der Waals surface area contributed by atoms with E-state index in [1.165, 1.54) is 10.4 Å². The van der Waals surface area contributed by atoms with Crippen LogP contribution in [0.2, 0.25) is 0 Å². The molecule has 9 heteroatoms. The van der Waals surface area contributed by atoms with Crippen molar-refractivity contribution in [2.45, 2.75) is 18.4 Å². The highest BCUT2D eigenvalue weighted by Crippen LogP contribution is 2.22. The van der Waals surface area contributed by atoms with Crippen LogP contribution in [0.3, 0.4) is 0 Å². The van der Waals surface area contributed by atoms with Crippen LogP contribution in [-0.4, -0.2) is 56.3 Å². The van der Waals surface area contributed by atoms with Gasteiger partial charge in [0.05, 0.1) is 4.90 Å². The highest BCUT2D eigenvalue weighted by atomic mass is 32.2. The molecule has 0 unspecified atom stereocenters. The van der Waals surface area contributed by atoms with Gasteiger partial charge in [-0.2, -0.15) is 4.31 Å². The molecule has 1 N–H and O–H groups in total. The summed E-state index contributed by atoms with van der Waals surface area (Å²) in [5.41, 5.74) is 0.381. The molecular weight excluding hydrogens is 442 g/mol. The maximum Gasteiger partial charge on any atom is 0.291 e. The van der Waals surface area contributed by atoms with Crippen LogP contribution in [0.5, 0.6) is 5.75 Å². The van der Waals surface area contributed by atoms with Crippen molar-refractivity contribution >= 4 is 21.6 Å². The minimum absolute atomic E-state index is 0.116. The third-order valence-electron chi connectivity index (χ3n) is 5.52. The summed E-state index contributed by atoms with van der Waals surface area (Å²) in [5.74, 6) is 0.860. The minimum Gasteiger partial charge on any atom is -0.486 e. The van der Waals surface area contributed by atoms with Crippen molar-refractivity contribution in [2.75, 3.05) is 38.0 Å². The highest BCUT2D eigenvalue weighted by Gasteiger charge is 2.28. The summed E-state index contributed by atoms with van der Waals surface area (Å²) in [6.45, 7) is 5.48. The summed E-state index contributed by atoms with van der Waals surface area (Å²) in [7, 11) is -3.63. The smallest absolute Gasteiger partial charge is 0.291 e. The van der Waals surface area contributed by atoms with E-state index in [-0.39, 0.29) is 17.3 Å². The number of likely N-dealkylation sites (N-methyl/N-ethyl adjacent to an activating group) is 1. The molecule has 8 nitrogen and oxygen atoms in total. The largest absolute Gasteiger partial charge is 0.486 e. The number of rotatable bonds is 8. The van der Waals surface area contributed by atoms with Crippen LogP contribution in [0.15, 0.2) is 76.0 Å². The first-order valence-electron chi connectivity index (χ1n) is 10.9. The van der Waals surface area contributed by atoms with Crippen LogP contribution in [0.25, 0.3) is 0 Å². The Kier molecular flexibility index (Phi) is 7.12. The molecule has 0 spiro atoms. The second-order valence-corrected chi connectivity index (χ2v) is 9.63. The molecule has 1 amide bonds. The lowest BCUT2D eigenvalue weighted by atomic mass is 10.3. The van der Waals surface area contributed by atoms with Crippen molar-refractivity contribution < 1.29 is 22.4 Å². The molecule has 174 valence electrons. The van der Waals surface area contributed by atoms with Crippen molar-refractivity contribution in [3.05, 3.63) is 78.3 Å². The molecule has 0 atom stereocenters. The van der Waals surface area contributed by atoms with Gasteiger partial charge in [0.1, 0.15) is 18.1 Å². The fraction of sp³-hybridized carbons (Fsp3) is 0.292. The monoisotopic (exact) mass is 469 g/mol. The third kappa shape index (κ3) is 5.62. The zero-order valence-electron chi connectivity index (χ0n) is 18.4. The molecule has 4 rings (SSSR count). The van der Waals surface area contributed by atoms with Crippen LogP contribution in [0.1, 0.15) is 23.2 Å². The number of carbonyl (C=O) groups is 1. The number of para-hydroxylation sites is 1. The van der Waals surface area contributed by atoms with Gasteiger partial charge < -0.3 is 19.4 Å². The van der Waals surface area contributed by atoms with Gasteiger partial charge in [0.2, 0.25) is 10.0 Å². The van der Waals surface area contributed by atoms with Gasteiger partial charge in [-0.25, -0.2) is 8.42 Å². The molecule has 0 bridgehead atoms. The lowest BCUT2D eigenvalue weighted by Crippen LogP contribution is -2.48. The molecule has 2 aromatic carbocycles. The van der Waals surface area contributed by atoms with E-state index in [4.69, 9.17) is 9.15 Å². The SMILES string of the molecule is CCN1CCN(S(=O)(=O)c2cccc(NC(=O)c3ccc(COc4ccccc4)o3)c2)CC1. The van der Waals surface area contributed by atoms with Gasteiger partial charge in [0, 0.05) is 31.9 Å². The second-order valence-electron chi connectivity index (χ2n) is 7.69. The van der Waals surface area contributed by atoms with E-state index in [0.717, 1.165) is 6.54 Å². The number of nitrogens with one attached hydrogen (secondary N) is 1. The van der Waals surface area contributed by atoms with E-state index in [2.05, 4.69) is 17.1 Å². The van der Waals surface area contributed by atoms with Gasteiger partial charge in [0.15, 0.2) is 5.76 Å². The average molecular weight is 470 g/mol. The Bertz CT molecular complexity index is 1190. The average Bonchev–Trinajstić information content (AvgIpc) is 3.33. The molecule has 0 radical (unpaired) electrons. The molecule has 1 aromatic heterocycles. The number of piperazine rings is 1. The molecule has 1 aliphatic heterocycles. The number of carbonyl (C=O) groups excluding carboxylic acids is 1. The number of sulfonamides is 1. The van der Waals surface area contributed by atoms with Crippen molar-refractivity contribution in [1.82, 2.24) is 9.21 Å². The fourth-order valence-electron chi connectivity index (χ4n) is 3.61. The second kappa shape index (κ2) is 10.2. The first-order chi connectivity index (χ1) is 16.0. The molecule has 1 fully saturated rings. The van der Waals surface area contributed by atoms with E-state index >= 15 is 0 Å². The predicted octanol–water partition coefficient (Wildman–Crippen LogP) is 3.44. The predicted molar refractivity (Wildman–Crippen MR) is 125 cm³/mol. The van der Waals surface area contributed by atoms with Gasteiger partial charge >= 0.3 is 0 Å². The van der Waals surface area contributed by atoms with Gasteiger partial charge in [-0.05, 0) is 49.0 Å². The van der Waals surface area contributed by atoms with Crippen LogP contribution in [0.4, 0.5) is 5.69 Å². The molecule has 33 heavy (non-hydrogen) atoms. The van der Waals surface area contributed by atoms with E-state index in [1.54, 1.807) is 30.3 Å². The van der Waals surface area contributed by atoms with Crippen LogP contribution in [-0.2, 0) is 16.6 Å². The summed E-state index contributed by atoms with van der Waals surface area (Å²) >= 11 is 0. The van der Waals surface area contributed by atoms with Gasteiger partial charge in [0.25, 0.3) is 5.91 Å². The standard InChI is InChI=1S/C24H27N3O5S/c1-2-26-13-15-27(16-14-26)33(29,30)22-10-6-7-19(17-22)25-24(28)23-12-11-21(32-23)18-31-20-8-4-3-5-9-20/h3-12,17H,2,13-16,18H2,1H3,(H,25,28). The van der Waals surface area contributed by atoms with Gasteiger partial charge in [-0.15, -0.1) is 0 Å². The summed E-state index contributed by atoms with van der Waals surface area (Å²) in [6.07, 6.45) is 0. The van der Waals surface area contributed by atoms with E-state index in [1.807, 2.05) is 30.3 Å². The lowest BCUT2D eigenvalue weighted by Gasteiger charge is -2.33. The Morgan fingerprint density at radius 2 is 1.76 bits per heavy atom. The fourth-order valence-corrected chi connectivity index (χ4v) is 5.08. The Balaban J connectivity index is 1.39. The topological polar surface area (TPSA) is 92.1 Å². The van der Waals surface area contributed by atoms with E-state index < -0.39 is 15.9 Å². The van der Waals surface area contributed by atoms with Gasteiger partial charge in [-0.1, -0.05) is 31.2 Å².